The molecule has 0 saturated heterocycles. The number of pyridine rings is 2. The van der Waals surface area contributed by atoms with Crippen LogP contribution >= 0.6 is 0 Å². The molecule has 6 rings (SSSR count). The molecule has 0 atom stereocenters. The fourth-order valence-electron chi connectivity index (χ4n) is 3.91. The number of para-hydroxylation sites is 1. The highest BCUT2D eigenvalue weighted by atomic mass is 19.1. The highest BCUT2D eigenvalue weighted by molar-refractivity contribution is 5.91. The van der Waals surface area contributed by atoms with E-state index in [0.29, 0.717) is 11.5 Å². The topological polar surface area (TPSA) is 52.3 Å². The van der Waals surface area contributed by atoms with E-state index in [-0.39, 0.29) is 5.82 Å². The second kappa shape index (κ2) is 7.84. The first-order chi connectivity index (χ1) is 16.3. The molecule has 0 saturated carbocycles. The fraction of sp³-hybridized carbons (Fsp3) is 0. The number of hydrogen-bond donors (Lipinski definition) is 0. The van der Waals surface area contributed by atoms with Gasteiger partial charge < -0.3 is 4.74 Å². The highest BCUT2D eigenvalue weighted by Crippen LogP contribution is 2.32. The molecule has 0 spiro atoms. The van der Waals surface area contributed by atoms with Crippen LogP contribution in [0.5, 0.6) is 11.5 Å². The van der Waals surface area contributed by atoms with Crippen LogP contribution in [-0.4, -0.2) is 19.6 Å². The van der Waals surface area contributed by atoms with E-state index in [1.54, 1.807) is 18.3 Å². The Morgan fingerprint density at radius 1 is 0.667 bits per heavy atom. The molecular weight excluding hydrogens is 415 g/mol. The predicted octanol–water partition coefficient (Wildman–Crippen LogP) is 6.54. The van der Waals surface area contributed by atoms with Gasteiger partial charge in [0, 0.05) is 22.7 Å². The van der Waals surface area contributed by atoms with Crippen LogP contribution in [0.15, 0.2) is 103 Å². The summed E-state index contributed by atoms with van der Waals surface area (Å²) in [5, 5.41) is 9.91. The Hall–Kier alpha value is -4.58. The Bertz CT molecular complexity index is 1580. The number of benzene rings is 3. The Morgan fingerprint density at radius 2 is 1.39 bits per heavy atom. The van der Waals surface area contributed by atoms with Crippen molar-refractivity contribution in [3.05, 3.63) is 109 Å². The lowest BCUT2D eigenvalue weighted by atomic mass is 10.1. The molecule has 0 radical (unpaired) electrons. The van der Waals surface area contributed by atoms with Gasteiger partial charge in [-0.15, -0.1) is 10.2 Å². The van der Waals surface area contributed by atoms with Crippen molar-refractivity contribution in [1.82, 2.24) is 19.6 Å². The van der Waals surface area contributed by atoms with Gasteiger partial charge in [-0.3, -0.25) is 4.40 Å². The molecule has 6 heteroatoms. The van der Waals surface area contributed by atoms with Gasteiger partial charge in [0.1, 0.15) is 23.0 Å². The SMILES string of the molecule is Fc1ccc(-c2cc3cccnc3n3c(-c4ccc(Oc5ccccc5)cc4)nnc23)cc1. The number of ether oxygens (including phenoxy) is 1. The van der Waals surface area contributed by atoms with Crippen molar-refractivity contribution < 1.29 is 9.13 Å². The Morgan fingerprint density at radius 3 is 2.18 bits per heavy atom. The first-order valence-corrected chi connectivity index (χ1v) is 10.5. The van der Waals surface area contributed by atoms with Crippen molar-refractivity contribution in [3.8, 4) is 34.0 Å². The zero-order chi connectivity index (χ0) is 22.2. The lowest BCUT2D eigenvalue weighted by molar-refractivity contribution is 0.483. The zero-order valence-electron chi connectivity index (χ0n) is 17.4. The van der Waals surface area contributed by atoms with Gasteiger partial charge >= 0.3 is 0 Å². The number of nitrogens with zero attached hydrogens (tertiary/aromatic N) is 4. The molecule has 33 heavy (non-hydrogen) atoms. The van der Waals surface area contributed by atoms with Crippen molar-refractivity contribution in [1.29, 1.82) is 0 Å². The van der Waals surface area contributed by atoms with E-state index < -0.39 is 0 Å². The maximum atomic E-state index is 13.5. The minimum atomic E-state index is -0.280. The molecule has 0 N–H and O–H groups in total. The predicted molar refractivity (Wildman–Crippen MR) is 126 cm³/mol. The van der Waals surface area contributed by atoms with Gasteiger partial charge in [-0.1, -0.05) is 30.3 Å². The van der Waals surface area contributed by atoms with E-state index in [4.69, 9.17) is 4.74 Å². The lowest BCUT2D eigenvalue weighted by Crippen LogP contribution is -1.97. The van der Waals surface area contributed by atoms with Crippen molar-refractivity contribution >= 4 is 16.7 Å². The molecule has 5 nitrogen and oxygen atoms in total. The third-order valence-electron chi connectivity index (χ3n) is 5.48. The fourth-order valence-corrected chi connectivity index (χ4v) is 3.91. The summed E-state index contributed by atoms with van der Waals surface area (Å²) in [6.07, 6.45) is 1.75. The highest BCUT2D eigenvalue weighted by Gasteiger charge is 2.17. The van der Waals surface area contributed by atoms with Crippen LogP contribution in [0, 0.1) is 5.82 Å². The van der Waals surface area contributed by atoms with Gasteiger partial charge in [-0.05, 0) is 72.3 Å². The van der Waals surface area contributed by atoms with Crippen LogP contribution < -0.4 is 4.74 Å². The summed E-state index contributed by atoms with van der Waals surface area (Å²) >= 11 is 0. The quantitative estimate of drug-likeness (QED) is 0.317. The van der Waals surface area contributed by atoms with Crippen LogP contribution in [0.3, 0.4) is 0 Å². The van der Waals surface area contributed by atoms with Crippen molar-refractivity contribution in [2.24, 2.45) is 0 Å². The Labute approximate surface area is 188 Å². The third-order valence-corrected chi connectivity index (χ3v) is 5.48. The average Bonchev–Trinajstić information content (AvgIpc) is 3.31. The van der Waals surface area contributed by atoms with Crippen LogP contribution in [-0.2, 0) is 0 Å². The molecule has 0 amide bonds. The molecular formula is C27H17FN4O. The third kappa shape index (κ3) is 3.47. The van der Waals surface area contributed by atoms with Crippen molar-refractivity contribution in [3.63, 3.8) is 0 Å². The molecule has 0 unspecified atom stereocenters. The number of hydrogen-bond acceptors (Lipinski definition) is 4. The smallest absolute Gasteiger partial charge is 0.170 e. The number of fused-ring (bicyclic) bond motifs is 3. The summed E-state index contributed by atoms with van der Waals surface area (Å²) in [7, 11) is 0. The molecule has 0 aliphatic heterocycles. The van der Waals surface area contributed by atoms with Gasteiger partial charge in [0.25, 0.3) is 0 Å². The summed E-state index contributed by atoms with van der Waals surface area (Å²) in [5.41, 5.74) is 4.01. The van der Waals surface area contributed by atoms with Gasteiger partial charge in [0.15, 0.2) is 11.5 Å². The summed E-state index contributed by atoms with van der Waals surface area (Å²) in [6, 6.07) is 29.6. The monoisotopic (exact) mass is 432 g/mol. The number of rotatable bonds is 4. The first-order valence-electron chi connectivity index (χ1n) is 10.5. The van der Waals surface area contributed by atoms with E-state index in [0.717, 1.165) is 39.2 Å². The zero-order valence-corrected chi connectivity index (χ0v) is 17.4. The van der Waals surface area contributed by atoms with Crippen LogP contribution in [0.4, 0.5) is 4.39 Å². The van der Waals surface area contributed by atoms with Crippen LogP contribution in [0.1, 0.15) is 0 Å². The Kier molecular flexibility index (Phi) is 4.54. The lowest BCUT2D eigenvalue weighted by Gasteiger charge is -2.10. The average molecular weight is 432 g/mol. The van der Waals surface area contributed by atoms with Crippen molar-refractivity contribution in [2.45, 2.75) is 0 Å². The van der Waals surface area contributed by atoms with Crippen molar-refractivity contribution in [2.75, 3.05) is 0 Å². The first kappa shape index (κ1) is 19.1. The largest absolute Gasteiger partial charge is 0.457 e. The number of aromatic nitrogens is 4. The maximum Gasteiger partial charge on any atom is 0.170 e. The summed E-state index contributed by atoms with van der Waals surface area (Å²) in [6.45, 7) is 0. The minimum Gasteiger partial charge on any atom is -0.457 e. The van der Waals surface area contributed by atoms with Gasteiger partial charge in [0.2, 0.25) is 0 Å². The molecule has 3 aromatic carbocycles. The molecule has 3 aromatic heterocycles. The minimum absolute atomic E-state index is 0.280. The second-order valence-electron chi connectivity index (χ2n) is 7.60. The standard InChI is InChI=1S/C27H17FN4O/c28-21-12-8-18(9-13-21)24-17-20-5-4-16-29-25(20)32-26(30-31-27(24)32)19-10-14-23(15-11-19)33-22-6-2-1-3-7-22/h1-17H. The molecule has 158 valence electrons. The Balaban J connectivity index is 1.49. The molecule has 0 aliphatic carbocycles. The molecule has 6 aromatic rings. The van der Waals surface area contributed by atoms with E-state index >= 15 is 0 Å². The normalized spacial score (nSPS) is 11.2. The maximum absolute atomic E-state index is 13.5. The molecule has 0 fully saturated rings. The van der Waals surface area contributed by atoms with E-state index in [1.165, 1.54) is 12.1 Å². The van der Waals surface area contributed by atoms with Gasteiger partial charge in [0.05, 0.1) is 0 Å². The van der Waals surface area contributed by atoms with E-state index in [1.807, 2.05) is 77.2 Å². The molecule has 0 bridgehead atoms. The molecule has 3 heterocycles. The second-order valence-corrected chi connectivity index (χ2v) is 7.60. The van der Waals surface area contributed by atoms with Crippen LogP contribution in [0.25, 0.3) is 39.2 Å². The van der Waals surface area contributed by atoms with E-state index in [2.05, 4.69) is 15.2 Å². The summed E-state index contributed by atoms with van der Waals surface area (Å²) < 4.78 is 21.4. The summed E-state index contributed by atoms with van der Waals surface area (Å²) in [4.78, 5) is 4.59. The van der Waals surface area contributed by atoms with Crippen LogP contribution in [0.2, 0.25) is 0 Å². The van der Waals surface area contributed by atoms with E-state index in [9.17, 15) is 4.39 Å². The van der Waals surface area contributed by atoms with Gasteiger partial charge in [-0.25, -0.2) is 9.37 Å². The molecule has 0 aliphatic rings. The van der Waals surface area contributed by atoms with Gasteiger partial charge in [-0.2, -0.15) is 0 Å². The summed E-state index contributed by atoms with van der Waals surface area (Å²) in [5.74, 6) is 1.90. The number of halogens is 1.